The van der Waals surface area contributed by atoms with Crippen molar-refractivity contribution in [3.05, 3.63) is 29.3 Å². The Morgan fingerprint density at radius 1 is 1.33 bits per heavy atom. The van der Waals surface area contributed by atoms with Gasteiger partial charge in [-0.15, -0.1) is 0 Å². The number of carbonyl (C=O) groups excluding carboxylic acids is 3. The van der Waals surface area contributed by atoms with Gasteiger partial charge in [0.15, 0.2) is 0 Å². The summed E-state index contributed by atoms with van der Waals surface area (Å²) in [5, 5.41) is 5.35. The second-order valence-electron chi connectivity index (χ2n) is 5.32. The predicted molar refractivity (Wildman–Crippen MR) is 76.9 cm³/mol. The van der Waals surface area contributed by atoms with Crippen molar-refractivity contribution in [2.75, 3.05) is 12.4 Å². The number of hydrogen-bond donors (Lipinski definition) is 2. The minimum atomic E-state index is -0.703. The fraction of sp³-hybridized carbons (Fsp3) is 0.400. The average Bonchev–Trinajstić information content (AvgIpc) is 2.82. The molecule has 1 aliphatic rings. The number of rotatable bonds is 4. The summed E-state index contributed by atoms with van der Waals surface area (Å²) in [6.45, 7) is 3.65. The summed E-state index contributed by atoms with van der Waals surface area (Å²) < 4.78 is 4.69. The van der Waals surface area contributed by atoms with Gasteiger partial charge < -0.3 is 15.4 Å². The summed E-state index contributed by atoms with van der Waals surface area (Å²) in [4.78, 5) is 35.2. The lowest BCUT2D eigenvalue weighted by Crippen LogP contribution is -2.45. The molecule has 1 heterocycles. The Hall–Kier alpha value is -2.37. The number of ether oxygens (including phenoxy) is 1. The molecule has 0 spiro atoms. The lowest BCUT2D eigenvalue weighted by atomic mass is 10.0. The van der Waals surface area contributed by atoms with Crippen LogP contribution in [0.1, 0.15) is 29.8 Å². The van der Waals surface area contributed by atoms with E-state index in [2.05, 4.69) is 15.4 Å². The third-order valence-electron chi connectivity index (χ3n) is 3.41. The fourth-order valence-corrected chi connectivity index (χ4v) is 2.20. The summed E-state index contributed by atoms with van der Waals surface area (Å²) in [6, 6.07) is 4.29. The van der Waals surface area contributed by atoms with E-state index < -0.39 is 12.0 Å². The van der Waals surface area contributed by atoms with Crippen molar-refractivity contribution in [1.82, 2.24) is 5.32 Å². The first-order valence-electron chi connectivity index (χ1n) is 6.74. The molecule has 1 atom stereocenters. The van der Waals surface area contributed by atoms with E-state index in [0.29, 0.717) is 17.7 Å². The van der Waals surface area contributed by atoms with Crippen LogP contribution in [0.5, 0.6) is 0 Å². The molecule has 1 aromatic rings. The van der Waals surface area contributed by atoms with Crippen molar-refractivity contribution in [2.45, 2.75) is 26.3 Å². The van der Waals surface area contributed by atoms with Crippen LogP contribution in [0.15, 0.2) is 18.2 Å². The Labute approximate surface area is 122 Å². The van der Waals surface area contributed by atoms with E-state index in [4.69, 9.17) is 0 Å². The zero-order chi connectivity index (χ0) is 15.6. The minimum Gasteiger partial charge on any atom is -0.467 e. The summed E-state index contributed by atoms with van der Waals surface area (Å²) >= 11 is 0. The SMILES string of the molecule is COC(=O)[C@@H](NC(=O)c1ccc2c(c1)NC(=O)C2)C(C)C. The molecule has 0 aromatic heterocycles. The van der Waals surface area contributed by atoms with E-state index in [1.807, 2.05) is 13.8 Å². The Bertz CT molecular complexity index is 595. The van der Waals surface area contributed by atoms with Gasteiger partial charge in [-0.1, -0.05) is 19.9 Å². The standard InChI is InChI=1S/C15H18N2O4/c1-8(2)13(15(20)21-3)17-14(19)10-5-4-9-7-12(18)16-11(9)6-10/h4-6,8,13H,7H2,1-3H3,(H,16,18)(H,17,19)/t13-/m0/s1. The number of nitrogens with one attached hydrogen (secondary N) is 2. The quantitative estimate of drug-likeness (QED) is 0.814. The maximum absolute atomic E-state index is 12.2. The third-order valence-corrected chi connectivity index (χ3v) is 3.41. The molecule has 0 saturated carbocycles. The van der Waals surface area contributed by atoms with Crippen LogP contribution >= 0.6 is 0 Å². The van der Waals surface area contributed by atoms with Gasteiger partial charge in [-0.2, -0.15) is 0 Å². The highest BCUT2D eigenvalue weighted by atomic mass is 16.5. The molecule has 1 aliphatic heterocycles. The van der Waals surface area contributed by atoms with Gasteiger partial charge in [0.2, 0.25) is 5.91 Å². The molecular formula is C15H18N2O4. The maximum Gasteiger partial charge on any atom is 0.328 e. The van der Waals surface area contributed by atoms with E-state index in [9.17, 15) is 14.4 Å². The Balaban J connectivity index is 2.15. The van der Waals surface area contributed by atoms with Crippen molar-refractivity contribution in [3.63, 3.8) is 0 Å². The molecule has 2 N–H and O–H groups in total. The second kappa shape index (κ2) is 5.95. The molecule has 112 valence electrons. The molecule has 0 radical (unpaired) electrons. The number of methoxy groups -OCH3 is 1. The van der Waals surface area contributed by atoms with E-state index >= 15 is 0 Å². The Kier molecular flexibility index (Phi) is 4.26. The summed E-state index contributed by atoms with van der Waals surface area (Å²) in [5.74, 6) is -1.02. The van der Waals surface area contributed by atoms with E-state index in [1.54, 1.807) is 18.2 Å². The molecular weight excluding hydrogens is 272 g/mol. The predicted octanol–water partition coefficient (Wildman–Crippen LogP) is 1.11. The minimum absolute atomic E-state index is 0.0859. The van der Waals surface area contributed by atoms with E-state index in [1.165, 1.54) is 7.11 Å². The highest BCUT2D eigenvalue weighted by Crippen LogP contribution is 2.24. The number of anilines is 1. The monoisotopic (exact) mass is 290 g/mol. The molecule has 0 fully saturated rings. The fourth-order valence-electron chi connectivity index (χ4n) is 2.20. The van der Waals surface area contributed by atoms with Gasteiger partial charge in [-0.3, -0.25) is 9.59 Å². The van der Waals surface area contributed by atoms with E-state index in [-0.39, 0.29) is 17.7 Å². The average molecular weight is 290 g/mol. The molecule has 6 nitrogen and oxygen atoms in total. The summed E-state index contributed by atoms with van der Waals surface area (Å²) in [5.41, 5.74) is 1.90. The van der Waals surface area contributed by atoms with Crippen LogP contribution < -0.4 is 10.6 Å². The molecule has 0 unspecified atom stereocenters. The topological polar surface area (TPSA) is 84.5 Å². The van der Waals surface area contributed by atoms with Crippen molar-refractivity contribution in [2.24, 2.45) is 5.92 Å². The first-order valence-corrected chi connectivity index (χ1v) is 6.74. The van der Waals surface area contributed by atoms with Crippen LogP contribution in [0.3, 0.4) is 0 Å². The molecule has 0 bridgehead atoms. The molecule has 0 aliphatic carbocycles. The number of carbonyl (C=O) groups is 3. The second-order valence-corrected chi connectivity index (χ2v) is 5.32. The van der Waals surface area contributed by atoms with Gasteiger partial charge in [-0.25, -0.2) is 4.79 Å². The molecule has 2 rings (SSSR count). The van der Waals surface area contributed by atoms with Crippen LogP contribution in [0, 0.1) is 5.92 Å². The van der Waals surface area contributed by atoms with Gasteiger partial charge in [0, 0.05) is 11.3 Å². The first-order chi connectivity index (χ1) is 9.92. The molecule has 1 aromatic carbocycles. The van der Waals surface area contributed by atoms with Crippen molar-refractivity contribution < 1.29 is 19.1 Å². The van der Waals surface area contributed by atoms with E-state index in [0.717, 1.165) is 5.56 Å². The number of hydrogen-bond acceptors (Lipinski definition) is 4. The Morgan fingerprint density at radius 2 is 2.05 bits per heavy atom. The van der Waals surface area contributed by atoms with Crippen LogP contribution in [0.2, 0.25) is 0 Å². The van der Waals surface area contributed by atoms with Gasteiger partial charge in [0.05, 0.1) is 13.5 Å². The van der Waals surface area contributed by atoms with Gasteiger partial charge in [0.25, 0.3) is 5.91 Å². The van der Waals surface area contributed by atoms with Crippen LogP contribution in [-0.4, -0.2) is 30.9 Å². The number of esters is 1. The largest absolute Gasteiger partial charge is 0.467 e. The molecule has 0 saturated heterocycles. The van der Waals surface area contributed by atoms with Crippen LogP contribution in [0.25, 0.3) is 0 Å². The maximum atomic E-state index is 12.2. The highest BCUT2D eigenvalue weighted by Gasteiger charge is 2.26. The number of fused-ring (bicyclic) bond motifs is 1. The molecule has 21 heavy (non-hydrogen) atoms. The third kappa shape index (κ3) is 3.21. The van der Waals surface area contributed by atoms with Gasteiger partial charge in [-0.05, 0) is 23.6 Å². The van der Waals surface area contributed by atoms with Crippen molar-refractivity contribution >= 4 is 23.5 Å². The first kappa shape index (κ1) is 15.0. The van der Waals surface area contributed by atoms with Gasteiger partial charge >= 0.3 is 5.97 Å². The Morgan fingerprint density at radius 3 is 2.67 bits per heavy atom. The molecule has 6 heteroatoms. The molecule has 2 amide bonds. The smallest absolute Gasteiger partial charge is 0.328 e. The lowest BCUT2D eigenvalue weighted by molar-refractivity contribution is -0.144. The highest BCUT2D eigenvalue weighted by molar-refractivity contribution is 6.03. The van der Waals surface area contributed by atoms with Crippen LogP contribution in [-0.2, 0) is 20.7 Å². The number of benzene rings is 1. The van der Waals surface area contributed by atoms with Gasteiger partial charge in [0.1, 0.15) is 6.04 Å². The normalized spacial score (nSPS) is 14.4. The van der Waals surface area contributed by atoms with Crippen LogP contribution in [0.4, 0.5) is 5.69 Å². The van der Waals surface area contributed by atoms with Crippen molar-refractivity contribution in [3.8, 4) is 0 Å². The summed E-state index contributed by atoms with van der Waals surface area (Å²) in [7, 11) is 1.29. The lowest BCUT2D eigenvalue weighted by Gasteiger charge is -2.19. The van der Waals surface area contributed by atoms with Crippen molar-refractivity contribution in [1.29, 1.82) is 0 Å². The zero-order valence-electron chi connectivity index (χ0n) is 12.2. The zero-order valence-corrected chi connectivity index (χ0v) is 12.2. The number of amides is 2. The summed E-state index contributed by atoms with van der Waals surface area (Å²) in [6.07, 6.45) is 0.327.